The summed E-state index contributed by atoms with van der Waals surface area (Å²) in [7, 11) is 0. The van der Waals surface area contributed by atoms with Gasteiger partial charge in [-0.15, -0.1) is 0 Å². The fourth-order valence-corrected chi connectivity index (χ4v) is 4.54. The molecule has 0 saturated carbocycles. The predicted octanol–water partition coefficient (Wildman–Crippen LogP) is 5.78. The van der Waals surface area contributed by atoms with E-state index in [2.05, 4.69) is 6.92 Å². The van der Waals surface area contributed by atoms with Gasteiger partial charge in [0.2, 0.25) is 0 Å². The third-order valence-electron chi connectivity index (χ3n) is 1.74. The zero-order valence-electron chi connectivity index (χ0n) is 7.97. The van der Waals surface area contributed by atoms with Gasteiger partial charge in [-0.25, -0.2) is 0 Å². The Bertz CT molecular complexity index is 158. The van der Waals surface area contributed by atoms with E-state index in [1.165, 1.54) is 38.5 Å². The van der Waals surface area contributed by atoms with Crippen molar-refractivity contribution in [1.29, 1.82) is 0 Å². The molecule has 0 saturated heterocycles. The molecule has 0 heterocycles. The molecule has 0 fully saturated rings. The average Bonchev–Trinajstić information content (AvgIpc) is 2.01. The highest BCUT2D eigenvalue weighted by Gasteiger charge is 2.07. The molecule has 0 nitrogen and oxygen atoms in total. The number of hydrogen-bond donors (Lipinski definition) is 0. The van der Waals surface area contributed by atoms with E-state index in [0.29, 0.717) is 0 Å². The summed E-state index contributed by atoms with van der Waals surface area (Å²) in [6.07, 6.45) is 7.84. The zero-order chi connectivity index (χ0) is 10.2. The Morgan fingerprint density at radius 2 is 1.62 bits per heavy atom. The highest BCUT2D eigenvalue weighted by Crippen LogP contribution is 2.68. The van der Waals surface area contributed by atoms with Crippen LogP contribution in [-0.4, -0.2) is 5.75 Å². The molecule has 0 aromatic carbocycles. The molecule has 0 aromatic rings. The van der Waals surface area contributed by atoms with E-state index in [4.69, 9.17) is 34.3 Å². The van der Waals surface area contributed by atoms with E-state index in [1.807, 2.05) is 0 Å². The summed E-state index contributed by atoms with van der Waals surface area (Å²) in [5.41, 5.74) is 0. The number of hydrogen-bond acceptors (Lipinski definition) is 2. The van der Waals surface area contributed by atoms with Crippen LogP contribution in [0.2, 0.25) is 0 Å². The third kappa shape index (κ3) is 13.6. The van der Waals surface area contributed by atoms with Crippen LogP contribution in [0, 0.1) is 0 Å². The Balaban J connectivity index is 3.04. The topological polar surface area (TPSA) is 0 Å². The molecule has 80 valence electrons. The molecule has 0 rings (SSSR count). The minimum atomic E-state index is -2.03. The molecular formula is C8H17Cl2PS2. The van der Waals surface area contributed by atoms with E-state index in [1.54, 1.807) is 11.4 Å². The summed E-state index contributed by atoms with van der Waals surface area (Å²) in [5.74, 6) is 1.02. The predicted molar refractivity (Wildman–Crippen MR) is 71.8 cm³/mol. The molecule has 0 N–H and O–H groups in total. The van der Waals surface area contributed by atoms with E-state index in [9.17, 15) is 0 Å². The fraction of sp³-hybridized carbons (Fsp3) is 1.00. The van der Waals surface area contributed by atoms with Crippen LogP contribution in [0.4, 0.5) is 0 Å². The second-order valence-electron chi connectivity index (χ2n) is 3.02. The molecule has 0 amide bonds. The number of rotatable bonds is 8. The lowest BCUT2D eigenvalue weighted by Crippen LogP contribution is -1.80. The molecule has 0 unspecified atom stereocenters. The minimum absolute atomic E-state index is 1.02. The quantitative estimate of drug-likeness (QED) is 0.408. The SMILES string of the molecule is CCCCCCCCSP(=S)(Cl)Cl. The van der Waals surface area contributed by atoms with Crippen molar-refractivity contribution in [2.45, 2.75) is 45.4 Å². The van der Waals surface area contributed by atoms with Gasteiger partial charge in [0, 0.05) is 5.75 Å². The zero-order valence-corrected chi connectivity index (χ0v) is 12.0. The first-order chi connectivity index (χ1) is 6.06. The molecule has 0 spiro atoms. The van der Waals surface area contributed by atoms with Gasteiger partial charge in [-0.3, -0.25) is 0 Å². The highest BCUT2D eigenvalue weighted by atomic mass is 35.9. The van der Waals surface area contributed by atoms with Crippen molar-refractivity contribution in [3.8, 4) is 0 Å². The van der Waals surface area contributed by atoms with Crippen LogP contribution in [0.3, 0.4) is 0 Å². The molecule has 0 atom stereocenters. The molecule has 13 heavy (non-hydrogen) atoms. The van der Waals surface area contributed by atoms with Crippen LogP contribution < -0.4 is 0 Å². The van der Waals surface area contributed by atoms with E-state index >= 15 is 0 Å². The summed E-state index contributed by atoms with van der Waals surface area (Å²) < 4.78 is -2.03. The van der Waals surface area contributed by atoms with Crippen molar-refractivity contribution in [2.24, 2.45) is 0 Å². The molecule has 0 aromatic heterocycles. The monoisotopic (exact) mass is 278 g/mol. The van der Waals surface area contributed by atoms with Gasteiger partial charge >= 0.3 is 0 Å². The fourth-order valence-electron chi connectivity index (χ4n) is 1.05. The smallest absolute Gasteiger partial charge is 0.0948 e. The minimum Gasteiger partial charge on any atom is -0.0948 e. The standard InChI is InChI=1S/C8H17Cl2PS2/c1-2-3-4-5-6-7-8-13-11(9,10)12/h2-8H2,1H3. The normalized spacial score (nSPS) is 11.9. The summed E-state index contributed by atoms with van der Waals surface area (Å²) in [5, 5.41) is 0. The highest BCUT2D eigenvalue weighted by molar-refractivity contribution is 8.85. The number of halogens is 2. The molecule has 0 bridgehead atoms. The molecule has 0 radical (unpaired) electrons. The molecule has 0 aliphatic heterocycles. The lowest BCUT2D eigenvalue weighted by molar-refractivity contribution is 0.627. The maximum absolute atomic E-state index is 5.75. The second-order valence-corrected chi connectivity index (χ2v) is 15.2. The van der Waals surface area contributed by atoms with Gasteiger partial charge in [0.15, 0.2) is 3.95 Å². The van der Waals surface area contributed by atoms with Gasteiger partial charge < -0.3 is 0 Å². The van der Waals surface area contributed by atoms with Gasteiger partial charge in [0.05, 0.1) is 0 Å². The van der Waals surface area contributed by atoms with Crippen molar-refractivity contribution in [1.82, 2.24) is 0 Å². The first-order valence-corrected chi connectivity index (χ1v) is 10.9. The van der Waals surface area contributed by atoms with E-state index in [-0.39, 0.29) is 0 Å². The second kappa shape index (κ2) is 8.85. The molecule has 5 heteroatoms. The van der Waals surface area contributed by atoms with Gasteiger partial charge in [0.1, 0.15) is 0 Å². The van der Waals surface area contributed by atoms with E-state index < -0.39 is 3.95 Å². The van der Waals surface area contributed by atoms with Crippen molar-refractivity contribution in [3.63, 3.8) is 0 Å². The van der Waals surface area contributed by atoms with Crippen LogP contribution in [0.1, 0.15) is 45.4 Å². The maximum Gasteiger partial charge on any atom is 0.171 e. The van der Waals surface area contributed by atoms with Crippen LogP contribution in [0.15, 0.2) is 0 Å². The van der Waals surface area contributed by atoms with Gasteiger partial charge in [0.25, 0.3) is 0 Å². The Kier molecular flexibility index (Phi) is 9.93. The maximum atomic E-state index is 5.75. The first kappa shape index (κ1) is 14.6. The number of unbranched alkanes of at least 4 members (excludes halogenated alkanes) is 5. The summed E-state index contributed by atoms with van der Waals surface area (Å²) >= 11 is 18.0. The summed E-state index contributed by atoms with van der Waals surface area (Å²) in [6, 6.07) is 0. The molecule has 0 aliphatic rings. The lowest BCUT2D eigenvalue weighted by Gasteiger charge is -2.04. The Morgan fingerprint density at radius 1 is 1.08 bits per heavy atom. The van der Waals surface area contributed by atoms with Crippen LogP contribution >= 0.6 is 37.8 Å². The third-order valence-corrected chi connectivity index (χ3v) is 6.67. The van der Waals surface area contributed by atoms with Crippen molar-refractivity contribution in [3.05, 3.63) is 0 Å². The van der Waals surface area contributed by atoms with Crippen LogP contribution in [-0.2, 0) is 11.8 Å². The average molecular weight is 279 g/mol. The van der Waals surface area contributed by atoms with E-state index in [0.717, 1.165) is 5.75 Å². The largest absolute Gasteiger partial charge is 0.171 e. The Morgan fingerprint density at radius 3 is 2.15 bits per heavy atom. The van der Waals surface area contributed by atoms with Gasteiger partial charge in [-0.2, -0.15) is 0 Å². The molecular weight excluding hydrogens is 262 g/mol. The first-order valence-electron chi connectivity index (χ1n) is 4.70. The van der Waals surface area contributed by atoms with Gasteiger partial charge in [-0.05, 0) is 6.42 Å². The van der Waals surface area contributed by atoms with Crippen LogP contribution in [0.5, 0.6) is 0 Å². The summed E-state index contributed by atoms with van der Waals surface area (Å²) in [6.45, 7) is 2.23. The van der Waals surface area contributed by atoms with Crippen molar-refractivity contribution < 1.29 is 0 Å². The lowest BCUT2D eigenvalue weighted by atomic mass is 10.1. The summed E-state index contributed by atoms with van der Waals surface area (Å²) in [4.78, 5) is 0. The molecule has 0 aliphatic carbocycles. The van der Waals surface area contributed by atoms with Crippen molar-refractivity contribution >= 4 is 49.6 Å². The van der Waals surface area contributed by atoms with Gasteiger partial charge in [-0.1, -0.05) is 84.7 Å². The Labute approximate surface area is 100 Å². The van der Waals surface area contributed by atoms with Crippen LogP contribution in [0.25, 0.3) is 0 Å². The van der Waals surface area contributed by atoms with Crippen molar-refractivity contribution in [2.75, 3.05) is 5.75 Å². The Hall–Kier alpha value is 1.58.